The van der Waals surface area contributed by atoms with Crippen LogP contribution in [0.1, 0.15) is 18.6 Å². The van der Waals surface area contributed by atoms with Gasteiger partial charge < -0.3 is 9.73 Å². The van der Waals surface area contributed by atoms with Crippen LogP contribution in [0.3, 0.4) is 0 Å². The molecule has 0 unspecified atom stereocenters. The molecule has 5 nitrogen and oxygen atoms in total. The molecular formula is C18H14Cl2N2O3S2. The maximum Gasteiger partial charge on any atom is 0.266 e. The number of amides is 2. The summed E-state index contributed by atoms with van der Waals surface area (Å²) in [6.07, 6.45) is 3.91. The van der Waals surface area contributed by atoms with Crippen molar-refractivity contribution in [2.45, 2.75) is 12.8 Å². The van der Waals surface area contributed by atoms with Gasteiger partial charge in [0.25, 0.3) is 5.91 Å². The van der Waals surface area contributed by atoms with E-state index in [2.05, 4.69) is 5.32 Å². The van der Waals surface area contributed by atoms with E-state index >= 15 is 0 Å². The van der Waals surface area contributed by atoms with E-state index in [0.717, 1.165) is 0 Å². The number of hydrogen-bond acceptors (Lipinski definition) is 5. The molecule has 1 saturated heterocycles. The fourth-order valence-electron chi connectivity index (χ4n) is 2.44. The predicted molar refractivity (Wildman–Crippen MR) is 113 cm³/mol. The summed E-state index contributed by atoms with van der Waals surface area (Å²) in [6.45, 7) is 0.365. The highest BCUT2D eigenvalue weighted by molar-refractivity contribution is 8.26. The molecular weight excluding hydrogens is 427 g/mol. The number of carbonyl (C=O) groups is 2. The first kappa shape index (κ1) is 19.9. The lowest BCUT2D eigenvalue weighted by molar-refractivity contribution is -0.122. The third-order valence-corrected chi connectivity index (χ3v) is 5.44. The molecule has 0 atom stereocenters. The molecule has 0 bridgehead atoms. The van der Waals surface area contributed by atoms with Crippen molar-refractivity contribution in [2.75, 3.05) is 11.9 Å². The van der Waals surface area contributed by atoms with E-state index < -0.39 is 0 Å². The van der Waals surface area contributed by atoms with Crippen LogP contribution in [0.2, 0.25) is 10.0 Å². The lowest BCUT2D eigenvalue weighted by Gasteiger charge is -2.14. The molecule has 0 spiro atoms. The molecule has 1 fully saturated rings. The minimum Gasteiger partial charge on any atom is -0.465 e. The molecule has 1 N–H and O–H groups in total. The lowest BCUT2D eigenvalue weighted by atomic mass is 10.2. The van der Waals surface area contributed by atoms with Gasteiger partial charge in [-0.3, -0.25) is 14.5 Å². The minimum atomic E-state index is -0.190. The molecule has 27 heavy (non-hydrogen) atoms. The number of hydrogen-bond donors (Lipinski definition) is 1. The standard InChI is InChI=1S/C18H14Cl2N2O3S2/c19-11-7-12(20)9-13(8-11)21-16(23)4-1-5-22-17(24)15(27-18(22)26)10-14-3-2-6-25-14/h2-3,6-10H,1,4-5H2,(H,21,23)/b15-10-. The maximum absolute atomic E-state index is 12.5. The van der Waals surface area contributed by atoms with Crippen molar-refractivity contribution < 1.29 is 14.0 Å². The monoisotopic (exact) mass is 440 g/mol. The average Bonchev–Trinajstić information content (AvgIpc) is 3.17. The number of rotatable bonds is 6. The maximum atomic E-state index is 12.5. The molecule has 1 aromatic carbocycles. The van der Waals surface area contributed by atoms with E-state index in [9.17, 15) is 9.59 Å². The first-order valence-electron chi connectivity index (χ1n) is 7.97. The lowest BCUT2D eigenvalue weighted by Crippen LogP contribution is -2.29. The van der Waals surface area contributed by atoms with E-state index in [1.807, 2.05) is 0 Å². The molecule has 9 heteroatoms. The second-order valence-electron chi connectivity index (χ2n) is 5.66. The van der Waals surface area contributed by atoms with Crippen LogP contribution < -0.4 is 5.32 Å². The Kier molecular flexibility index (Phi) is 6.59. The molecule has 1 aliphatic rings. The number of thioether (sulfide) groups is 1. The summed E-state index contributed by atoms with van der Waals surface area (Å²) in [4.78, 5) is 26.6. The molecule has 1 aliphatic heterocycles. The Morgan fingerprint density at radius 1 is 1.30 bits per heavy atom. The molecule has 0 aliphatic carbocycles. The molecule has 140 valence electrons. The highest BCUT2D eigenvalue weighted by atomic mass is 35.5. The summed E-state index contributed by atoms with van der Waals surface area (Å²) in [5.41, 5.74) is 0.532. The molecule has 2 amide bonds. The largest absolute Gasteiger partial charge is 0.465 e. The van der Waals surface area contributed by atoms with Gasteiger partial charge in [-0.05, 0) is 36.8 Å². The van der Waals surface area contributed by atoms with Crippen molar-refractivity contribution in [1.29, 1.82) is 0 Å². The van der Waals surface area contributed by atoms with Crippen LogP contribution in [-0.2, 0) is 9.59 Å². The first-order chi connectivity index (χ1) is 12.9. The van der Waals surface area contributed by atoms with Gasteiger partial charge in [0.2, 0.25) is 5.91 Å². The van der Waals surface area contributed by atoms with Crippen molar-refractivity contribution in [2.24, 2.45) is 0 Å². The zero-order valence-electron chi connectivity index (χ0n) is 13.9. The molecule has 0 radical (unpaired) electrons. The van der Waals surface area contributed by atoms with Crippen LogP contribution in [0.15, 0.2) is 45.9 Å². The van der Waals surface area contributed by atoms with Crippen LogP contribution in [0.5, 0.6) is 0 Å². The number of halogens is 2. The number of benzene rings is 1. The van der Waals surface area contributed by atoms with Gasteiger partial charge in [0.1, 0.15) is 10.1 Å². The van der Waals surface area contributed by atoms with Gasteiger partial charge in [-0.25, -0.2) is 0 Å². The Labute approximate surface area is 175 Å². The first-order valence-corrected chi connectivity index (χ1v) is 9.95. The molecule has 2 aromatic rings. The summed E-state index contributed by atoms with van der Waals surface area (Å²) in [6, 6.07) is 8.33. The number of anilines is 1. The van der Waals surface area contributed by atoms with E-state index in [0.29, 0.717) is 43.7 Å². The molecule has 2 heterocycles. The fraction of sp³-hybridized carbons (Fsp3) is 0.167. The van der Waals surface area contributed by atoms with Crippen LogP contribution in [0, 0.1) is 0 Å². The summed E-state index contributed by atoms with van der Waals surface area (Å²) in [5, 5.41) is 3.62. The Hall–Kier alpha value is -1.80. The van der Waals surface area contributed by atoms with Crippen molar-refractivity contribution in [3.8, 4) is 0 Å². The second-order valence-corrected chi connectivity index (χ2v) is 8.21. The summed E-state index contributed by atoms with van der Waals surface area (Å²) < 4.78 is 5.70. The number of carbonyl (C=O) groups excluding carboxylic acids is 2. The van der Waals surface area contributed by atoms with E-state index in [1.165, 1.54) is 22.9 Å². The van der Waals surface area contributed by atoms with Crippen LogP contribution >= 0.6 is 47.2 Å². The van der Waals surface area contributed by atoms with Crippen LogP contribution in [0.25, 0.3) is 6.08 Å². The van der Waals surface area contributed by atoms with Gasteiger partial charge in [0, 0.05) is 34.8 Å². The van der Waals surface area contributed by atoms with Crippen LogP contribution in [-0.4, -0.2) is 27.6 Å². The Bertz CT molecular complexity index is 893. The van der Waals surface area contributed by atoms with Crippen molar-refractivity contribution in [1.82, 2.24) is 4.90 Å². The van der Waals surface area contributed by atoms with E-state index in [-0.39, 0.29) is 18.2 Å². The summed E-state index contributed by atoms with van der Waals surface area (Å²) in [7, 11) is 0. The van der Waals surface area contributed by atoms with E-state index in [4.69, 9.17) is 39.8 Å². The van der Waals surface area contributed by atoms with Crippen LogP contribution in [0.4, 0.5) is 5.69 Å². The van der Waals surface area contributed by atoms with Gasteiger partial charge in [-0.15, -0.1) is 0 Å². The minimum absolute atomic E-state index is 0.177. The molecule has 1 aromatic heterocycles. The van der Waals surface area contributed by atoms with Gasteiger partial charge in [0.15, 0.2) is 0 Å². The fourth-order valence-corrected chi connectivity index (χ4v) is 4.26. The Balaban J connectivity index is 1.52. The summed E-state index contributed by atoms with van der Waals surface area (Å²) >= 11 is 18.3. The SMILES string of the molecule is O=C(CCCN1C(=O)/C(=C/c2ccco2)SC1=S)Nc1cc(Cl)cc(Cl)c1. The Morgan fingerprint density at radius 3 is 2.70 bits per heavy atom. The topological polar surface area (TPSA) is 62.6 Å². The smallest absolute Gasteiger partial charge is 0.266 e. The van der Waals surface area contributed by atoms with Gasteiger partial charge in [-0.1, -0.05) is 47.2 Å². The Morgan fingerprint density at radius 2 is 2.04 bits per heavy atom. The number of nitrogens with zero attached hydrogens (tertiary/aromatic N) is 1. The van der Waals surface area contributed by atoms with E-state index in [1.54, 1.807) is 36.4 Å². The van der Waals surface area contributed by atoms with Gasteiger partial charge >= 0.3 is 0 Å². The average molecular weight is 441 g/mol. The zero-order chi connectivity index (χ0) is 19.4. The molecule has 3 rings (SSSR count). The second kappa shape index (κ2) is 8.93. The quantitative estimate of drug-likeness (QED) is 0.493. The number of thiocarbonyl (C=S) groups is 1. The third-order valence-electron chi connectivity index (χ3n) is 3.62. The van der Waals surface area contributed by atoms with Crippen molar-refractivity contribution in [3.63, 3.8) is 0 Å². The number of nitrogens with one attached hydrogen (secondary N) is 1. The van der Waals surface area contributed by atoms with Crippen molar-refractivity contribution >= 4 is 75.1 Å². The third kappa shape index (κ3) is 5.35. The number of furan rings is 1. The predicted octanol–water partition coefficient (Wildman–Crippen LogP) is 5.21. The summed E-state index contributed by atoms with van der Waals surface area (Å²) in [5.74, 6) is 0.225. The normalized spacial score (nSPS) is 15.6. The highest BCUT2D eigenvalue weighted by Crippen LogP contribution is 2.32. The van der Waals surface area contributed by atoms with Gasteiger partial charge in [-0.2, -0.15) is 0 Å². The molecule has 0 saturated carbocycles. The van der Waals surface area contributed by atoms with Gasteiger partial charge in [0.05, 0.1) is 11.2 Å². The zero-order valence-corrected chi connectivity index (χ0v) is 17.1. The highest BCUT2D eigenvalue weighted by Gasteiger charge is 2.31. The van der Waals surface area contributed by atoms with Crippen molar-refractivity contribution in [3.05, 3.63) is 57.3 Å².